The summed E-state index contributed by atoms with van der Waals surface area (Å²) in [6.45, 7) is 19.6. The predicted molar refractivity (Wildman–Crippen MR) is 198 cm³/mol. The summed E-state index contributed by atoms with van der Waals surface area (Å²) >= 11 is 6.67. The lowest BCUT2D eigenvalue weighted by molar-refractivity contribution is -0.150. The molecule has 0 spiro atoms. The lowest BCUT2D eigenvalue weighted by atomic mass is 9.75. The van der Waals surface area contributed by atoms with Crippen LogP contribution in [0.3, 0.4) is 0 Å². The van der Waals surface area contributed by atoms with Gasteiger partial charge in [0.25, 0.3) is 5.91 Å². The third-order valence-corrected chi connectivity index (χ3v) is 12.5. The average Bonchev–Trinajstić information content (AvgIpc) is 3.40. The van der Waals surface area contributed by atoms with Gasteiger partial charge in [-0.05, 0) is 55.2 Å². The van der Waals surface area contributed by atoms with Gasteiger partial charge in [-0.2, -0.15) is 0 Å². The van der Waals surface area contributed by atoms with E-state index in [1.165, 1.54) is 0 Å². The molecule has 1 unspecified atom stereocenters. The van der Waals surface area contributed by atoms with Gasteiger partial charge < -0.3 is 9.47 Å². The van der Waals surface area contributed by atoms with Crippen molar-refractivity contribution in [1.82, 2.24) is 9.99 Å². The number of esters is 1. The Morgan fingerprint density at radius 2 is 1.25 bits per heavy atom. The number of hydrogen-bond acceptors (Lipinski definition) is 6. The van der Waals surface area contributed by atoms with E-state index in [0.717, 1.165) is 26.6 Å². The van der Waals surface area contributed by atoms with E-state index >= 15 is 0 Å². The van der Waals surface area contributed by atoms with E-state index in [1.54, 1.807) is 33.8 Å². The summed E-state index contributed by atoms with van der Waals surface area (Å²) in [6, 6.07) is 25.4. The molecule has 1 N–H and O–H groups in total. The van der Waals surface area contributed by atoms with Gasteiger partial charge in [-0.15, -0.1) is 0 Å². The van der Waals surface area contributed by atoms with Crippen LogP contribution in [-0.2, 0) is 47.2 Å². The lowest BCUT2D eigenvalue weighted by Gasteiger charge is -2.40. The van der Waals surface area contributed by atoms with Crippen molar-refractivity contribution in [2.45, 2.75) is 91.2 Å². The van der Waals surface area contributed by atoms with Gasteiger partial charge in [0.15, 0.2) is 5.54 Å². The molecule has 1 aliphatic rings. The molecule has 2 amide bonds. The topological polar surface area (TPSA) is 84.9 Å². The number of hydrogen-bond donors (Lipinski definition) is 1. The lowest BCUT2D eigenvalue weighted by Crippen LogP contribution is -2.55. The maximum absolute atomic E-state index is 14.9. The standard InChI is InChI=1S/C39H49N2O5PS/c1-11-45-34(43)39(32-22-23-41(33(32)42)35(44)46-38(8,9)10,29-25-27(36(2,3)4)24-28(26-29)37(5,6)7)40-47(48,30-18-14-12-15-19-30)31-20-16-13-17-21-31/h12-22,24-26H,11,23H2,1-10H3,(H,40,48). The maximum atomic E-state index is 14.9. The number of nitrogens with zero attached hydrogens (tertiary/aromatic N) is 1. The zero-order valence-electron chi connectivity index (χ0n) is 29.8. The maximum Gasteiger partial charge on any atom is 0.417 e. The molecule has 1 aliphatic heterocycles. The second kappa shape index (κ2) is 13.7. The Bertz CT molecular complexity index is 1680. The Kier molecular flexibility index (Phi) is 10.7. The molecule has 9 heteroatoms. The Balaban J connectivity index is 2.13. The first-order chi connectivity index (χ1) is 22.2. The molecular formula is C39H49N2O5PS. The van der Waals surface area contributed by atoms with E-state index in [-0.39, 0.29) is 29.6 Å². The minimum absolute atomic E-state index is 0.0597. The first kappa shape index (κ1) is 37.2. The number of amides is 2. The largest absolute Gasteiger partial charge is 0.464 e. The Morgan fingerprint density at radius 1 is 0.792 bits per heavy atom. The van der Waals surface area contributed by atoms with Crippen LogP contribution in [0.4, 0.5) is 4.79 Å². The van der Waals surface area contributed by atoms with E-state index < -0.39 is 35.3 Å². The first-order valence-electron chi connectivity index (χ1n) is 16.3. The quantitative estimate of drug-likeness (QED) is 0.195. The molecule has 1 heterocycles. The van der Waals surface area contributed by atoms with Crippen molar-refractivity contribution in [3.8, 4) is 0 Å². The molecule has 48 heavy (non-hydrogen) atoms. The number of rotatable bonds is 8. The zero-order valence-corrected chi connectivity index (χ0v) is 31.6. The Hall–Kier alpha value is -3.58. The molecule has 0 fully saturated rings. The van der Waals surface area contributed by atoms with Crippen LogP contribution in [0, 0.1) is 0 Å². The normalized spacial score (nSPS) is 15.5. The van der Waals surface area contributed by atoms with E-state index in [2.05, 4.69) is 52.7 Å². The summed E-state index contributed by atoms with van der Waals surface area (Å²) in [4.78, 5) is 43.9. The second-order valence-electron chi connectivity index (χ2n) is 15.2. The minimum atomic E-state index is -3.10. The van der Waals surface area contributed by atoms with Gasteiger partial charge in [0.05, 0.1) is 24.9 Å². The van der Waals surface area contributed by atoms with Crippen molar-refractivity contribution in [3.63, 3.8) is 0 Å². The molecule has 0 aliphatic carbocycles. The number of benzene rings is 3. The van der Waals surface area contributed by atoms with Gasteiger partial charge in [-0.25, -0.2) is 14.5 Å². The van der Waals surface area contributed by atoms with Crippen LogP contribution in [0.2, 0.25) is 0 Å². The molecule has 0 aromatic heterocycles. The van der Waals surface area contributed by atoms with Crippen LogP contribution >= 0.6 is 6.19 Å². The van der Waals surface area contributed by atoms with Gasteiger partial charge in [0.2, 0.25) is 0 Å². The molecule has 0 saturated carbocycles. The highest BCUT2D eigenvalue weighted by atomic mass is 32.4. The molecule has 256 valence electrons. The van der Waals surface area contributed by atoms with E-state index in [4.69, 9.17) is 21.3 Å². The van der Waals surface area contributed by atoms with E-state index in [1.807, 2.05) is 72.8 Å². The summed E-state index contributed by atoms with van der Waals surface area (Å²) in [5, 5.41) is 5.31. The van der Waals surface area contributed by atoms with Crippen LogP contribution in [0.1, 0.15) is 85.9 Å². The molecule has 0 radical (unpaired) electrons. The highest BCUT2D eigenvalue weighted by Crippen LogP contribution is 2.49. The van der Waals surface area contributed by atoms with Gasteiger partial charge in [-0.1, -0.05) is 138 Å². The molecule has 0 bridgehead atoms. The molecule has 1 atom stereocenters. The fraction of sp³-hybridized carbons (Fsp3) is 0.410. The SMILES string of the molecule is CCOC(=O)C(NP(=S)(c1ccccc1)c1ccccc1)(C1=CCN(C(=O)OC(C)(C)C)C1=O)c1cc(C(C)(C)C)cc(C(C)(C)C)c1. The van der Waals surface area contributed by atoms with Crippen LogP contribution in [0.25, 0.3) is 0 Å². The summed E-state index contributed by atoms with van der Waals surface area (Å²) < 4.78 is 11.5. The van der Waals surface area contributed by atoms with Crippen molar-refractivity contribution in [2.75, 3.05) is 13.2 Å². The third kappa shape index (κ3) is 7.67. The highest BCUT2D eigenvalue weighted by molar-refractivity contribution is 8.21. The predicted octanol–water partition coefficient (Wildman–Crippen LogP) is 7.38. The molecule has 3 aromatic carbocycles. The van der Waals surface area contributed by atoms with Crippen molar-refractivity contribution in [3.05, 3.63) is 107 Å². The minimum Gasteiger partial charge on any atom is -0.464 e. The third-order valence-electron chi connectivity index (χ3n) is 8.22. The fourth-order valence-corrected chi connectivity index (χ4v) is 9.27. The monoisotopic (exact) mass is 688 g/mol. The average molecular weight is 689 g/mol. The van der Waals surface area contributed by atoms with Crippen molar-refractivity contribution < 1.29 is 23.9 Å². The van der Waals surface area contributed by atoms with Crippen LogP contribution in [0.15, 0.2) is 90.5 Å². The summed E-state index contributed by atoms with van der Waals surface area (Å²) in [5.74, 6) is -1.33. The van der Waals surface area contributed by atoms with Crippen molar-refractivity contribution in [1.29, 1.82) is 0 Å². The fourth-order valence-electron chi connectivity index (χ4n) is 5.58. The summed E-state index contributed by atoms with van der Waals surface area (Å²) in [6.07, 6.45) is -2.26. The summed E-state index contributed by atoms with van der Waals surface area (Å²) in [7, 11) is 0. The number of ether oxygens (including phenoxy) is 2. The smallest absolute Gasteiger partial charge is 0.417 e. The van der Waals surface area contributed by atoms with Gasteiger partial charge >= 0.3 is 12.1 Å². The molecular weight excluding hydrogens is 639 g/mol. The summed E-state index contributed by atoms with van der Waals surface area (Å²) in [5.41, 5.74) is -0.818. The van der Waals surface area contributed by atoms with E-state index in [9.17, 15) is 14.4 Å². The first-order valence-corrected chi connectivity index (χ1v) is 19.1. The Labute approximate surface area is 291 Å². The van der Waals surface area contributed by atoms with Gasteiger partial charge in [0, 0.05) is 10.6 Å². The molecule has 7 nitrogen and oxygen atoms in total. The molecule has 4 rings (SSSR count). The number of carbonyl (C=O) groups is 3. The van der Waals surface area contributed by atoms with Gasteiger partial charge in [-0.3, -0.25) is 9.88 Å². The second-order valence-corrected chi connectivity index (χ2v) is 19.3. The van der Waals surface area contributed by atoms with Gasteiger partial charge in [0.1, 0.15) is 5.60 Å². The number of nitrogens with one attached hydrogen (secondary N) is 1. The molecule has 0 saturated heterocycles. The van der Waals surface area contributed by atoms with Crippen molar-refractivity contribution >= 4 is 46.6 Å². The zero-order chi connectivity index (χ0) is 35.7. The number of carbonyl (C=O) groups excluding carboxylic acids is 3. The molecule has 3 aromatic rings. The van der Waals surface area contributed by atoms with Crippen molar-refractivity contribution in [2.24, 2.45) is 0 Å². The van der Waals surface area contributed by atoms with E-state index in [0.29, 0.717) is 5.56 Å². The number of imide groups is 1. The van der Waals surface area contributed by atoms with Crippen LogP contribution < -0.4 is 15.7 Å². The van der Waals surface area contributed by atoms with Crippen LogP contribution in [-0.4, -0.2) is 41.6 Å². The van der Waals surface area contributed by atoms with Crippen LogP contribution in [0.5, 0.6) is 0 Å². The highest BCUT2D eigenvalue weighted by Gasteiger charge is 2.55. The Morgan fingerprint density at radius 3 is 1.67 bits per heavy atom.